The third-order valence-electron chi connectivity index (χ3n) is 4.67. The molecule has 3 aromatic rings. The van der Waals surface area contributed by atoms with Crippen LogP contribution in [0.2, 0.25) is 0 Å². The molecule has 174 valence electrons. The van der Waals surface area contributed by atoms with Crippen LogP contribution >= 0.6 is 11.3 Å². The molecule has 2 N–H and O–H groups in total. The number of hydrogen-bond acceptors (Lipinski definition) is 6. The monoisotopic (exact) mass is 482 g/mol. The fourth-order valence-electron chi connectivity index (χ4n) is 3.09. The molecule has 12 heteroatoms. The summed E-state index contributed by atoms with van der Waals surface area (Å²) < 4.78 is 45.7. The minimum Gasteiger partial charge on any atom is -0.475 e. The minimum atomic E-state index is -5.08. The molecule has 0 fully saturated rings. The van der Waals surface area contributed by atoms with Crippen LogP contribution < -0.4 is 10.2 Å². The smallest absolute Gasteiger partial charge is 0.475 e. The van der Waals surface area contributed by atoms with Crippen LogP contribution in [-0.4, -0.2) is 46.9 Å². The fourth-order valence-corrected chi connectivity index (χ4v) is 3.90. The van der Waals surface area contributed by atoms with Crippen molar-refractivity contribution in [3.8, 4) is 10.6 Å². The molecule has 33 heavy (non-hydrogen) atoms. The van der Waals surface area contributed by atoms with Gasteiger partial charge in [-0.25, -0.2) is 9.18 Å². The lowest BCUT2D eigenvalue weighted by Gasteiger charge is -2.22. The second kappa shape index (κ2) is 10.0. The molecule has 0 atom stereocenters. The number of nitrogens with one attached hydrogen (secondary N) is 1. The number of aromatic nitrogens is 2. The van der Waals surface area contributed by atoms with Gasteiger partial charge in [0.15, 0.2) is 0 Å². The summed E-state index contributed by atoms with van der Waals surface area (Å²) in [6.45, 7) is 1.35. The van der Waals surface area contributed by atoms with Crippen molar-refractivity contribution in [1.82, 2.24) is 15.5 Å². The number of fused-ring (bicyclic) bond motifs is 1. The van der Waals surface area contributed by atoms with E-state index in [9.17, 15) is 22.4 Å². The van der Waals surface area contributed by atoms with E-state index < -0.39 is 18.0 Å². The van der Waals surface area contributed by atoms with Gasteiger partial charge < -0.3 is 10.4 Å². The van der Waals surface area contributed by atoms with Crippen molar-refractivity contribution in [2.75, 3.05) is 18.5 Å². The van der Waals surface area contributed by atoms with E-state index in [1.807, 2.05) is 30.3 Å². The lowest BCUT2D eigenvalue weighted by molar-refractivity contribution is -0.192. The molecule has 1 aliphatic rings. The van der Waals surface area contributed by atoms with Crippen molar-refractivity contribution in [1.29, 1.82) is 0 Å². The third-order valence-corrected chi connectivity index (χ3v) is 5.72. The van der Waals surface area contributed by atoms with Crippen molar-refractivity contribution in [3.05, 3.63) is 65.0 Å². The van der Waals surface area contributed by atoms with E-state index in [2.05, 4.69) is 15.5 Å². The van der Waals surface area contributed by atoms with Crippen LogP contribution in [0.3, 0.4) is 0 Å². The summed E-state index contributed by atoms with van der Waals surface area (Å²) in [6, 6.07) is 12.5. The van der Waals surface area contributed by atoms with E-state index in [0.717, 1.165) is 28.2 Å². The Morgan fingerprint density at radius 1 is 1.15 bits per heavy atom. The predicted molar refractivity (Wildman–Crippen MR) is 114 cm³/mol. The maximum absolute atomic E-state index is 14.0. The van der Waals surface area contributed by atoms with Crippen molar-refractivity contribution in [2.45, 2.75) is 19.1 Å². The summed E-state index contributed by atoms with van der Waals surface area (Å²) in [6.07, 6.45) is -4.38. The highest BCUT2D eigenvalue weighted by atomic mass is 32.1. The Balaban J connectivity index is 0.000000383. The van der Waals surface area contributed by atoms with Gasteiger partial charge in [-0.2, -0.15) is 13.2 Å². The number of carboxylic acid groups (broad SMARTS) is 1. The summed E-state index contributed by atoms with van der Waals surface area (Å²) in [7, 11) is 1.65. The van der Waals surface area contributed by atoms with Crippen molar-refractivity contribution < 1.29 is 32.3 Å². The standard InChI is InChI=1S/C19H17FN4OS.C2HF3O2/c1-24(19-23-22-17(26-19)12-5-3-2-4-6-12)18(25)16-10-14(20)9-13-11-21-8-7-15(13)16;3-2(4,5)1(6)7/h2-6,9-10,21H,7-8,11H2,1H3;(H,6,7). The van der Waals surface area contributed by atoms with Gasteiger partial charge in [-0.15, -0.1) is 10.2 Å². The third kappa shape index (κ3) is 5.90. The number of anilines is 1. The van der Waals surface area contributed by atoms with E-state index in [1.54, 1.807) is 7.05 Å². The zero-order chi connectivity index (χ0) is 24.2. The number of benzene rings is 2. The maximum Gasteiger partial charge on any atom is 0.490 e. The second-order valence-electron chi connectivity index (χ2n) is 6.94. The molecule has 0 unspecified atom stereocenters. The molecular weight excluding hydrogens is 464 g/mol. The molecule has 0 saturated carbocycles. The largest absolute Gasteiger partial charge is 0.490 e. The van der Waals surface area contributed by atoms with Crippen LogP contribution in [0.5, 0.6) is 0 Å². The first-order chi connectivity index (χ1) is 15.6. The van der Waals surface area contributed by atoms with Crippen LogP contribution in [0, 0.1) is 5.82 Å². The molecule has 0 aliphatic carbocycles. The van der Waals surface area contributed by atoms with E-state index in [0.29, 0.717) is 23.7 Å². The lowest BCUT2D eigenvalue weighted by atomic mass is 9.94. The summed E-state index contributed by atoms with van der Waals surface area (Å²) in [5, 5.41) is 19.9. The van der Waals surface area contributed by atoms with Crippen LogP contribution in [0.4, 0.5) is 22.7 Å². The summed E-state index contributed by atoms with van der Waals surface area (Å²) >= 11 is 1.34. The van der Waals surface area contributed by atoms with Gasteiger partial charge in [-0.3, -0.25) is 9.69 Å². The Morgan fingerprint density at radius 2 is 1.82 bits per heavy atom. The summed E-state index contributed by atoms with van der Waals surface area (Å²) in [5.74, 6) is -3.42. The Bertz CT molecular complexity index is 1150. The molecule has 2 aromatic carbocycles. The number of nitrogens with zero attached hydrogens (tertiary/aromatic N) is 3. The van der Waals surface area contributed by atoms with Crippen LogP contribution in [-0.2, 0) is 17.8 Å². The predicted octanol–water partition coefficient (Wildman–Crippen LogP) is 3.90. The molecule has 0 radical (unpaired) electrons. The van der Waals surface area contributed by atoms with Crippen LogP contribution in [0.1, 0.15) is 21.5 Å². The Kier molecular flexibility index (Phi) is 7.39. The average Bonchev–Trinajstić information content (AvgIpc) is 3.28. The summed E-state index contributed by atoms with van der Waals surface area (Å²) in [5.41, 5.74) is 3.11. The molecule has 1 aromatic heterocycles. The number of halogens is 4. The molecule has 1 amide bonds. The molecule has 7 nitrogen and oxygen atoms in total. The van der Waals surface area contributed by atoms with Crippen molar-refractivity contribution in [2.24, 2.45) is 0 Å². The molecule has 1 aliphatic heterocycles. The zero-order valence-corrected chi connectivity index (χ0v) is 18.0. The molecule has 0 spiro atoms. The number of carboxylic acids is 1. The van der Waals surface area contributed by atoms with Gasteiger partial charge in [-0.1, -0.05) is 41.7 Å². The van der Waals surface area contributed by atoms with Gasteiger partial charge in [0.1, 0.15) is 10.8 Å². The molecular formula is C21H18F4N4O3S. The average molecular weight is 482 g/mol. The first-order valence-electron chi connectivity index (χ1n) is 9.57. The number of rotatable bonds is 3. The first kappa shape index (κ1) is 24.3. The Morgan fingerprint density at radius 3 is 2.45 bits per heavy atom. The van der Waals surface area contributed by atoms with Gasteiger partial charge in [0.2, 0.25) is 5.13 Å². The topological polar surface area (TPSA) is 95.4 Å². The molecule has 2 heterocycles. The van der Waals surface area contributed by atoms with Gasteiger partial charge in [-0.05, 0) is 36.2 Å². The maximum atomic E-state index is 14.0. The molecule has 0 saturated heterocycles. The lowest BCUT2D eigenvalue weighted by Crippen LogP contribution is -2.31. The van der Waals surface area contributed by atoms with E-state index in [1.165, 1.54) is 28.4 Å². The van der Waals surface area contributed by atoms with Crippen LogP contribution in [0.25, 0.3) is 10.6 Å². The number of amides is 1. The number of alkyl halides is 3. The molecule has 4 rings (SSSR count). The fraction of sp³-hybridized carbons (Fsp3) is 0.238. The SMILES string of the molecule is CN(C(=O)c1cc(F)cc2c1CCNC2)c1nnc(-c2ccccc2)s1.O=C(O)C(F)(F)F. The molecule has 0 bridgehead atoms. The Hall–Kier alpha value is -3.38. The minimum absolute atomic E-state index is 0.265. The highest BCUT2D eigenvalue weighted by molar-refractivity contribution is 7.18. The number of aliphatic carboxylic acids is 1. The second-order valence-corrected chi connectivity index (χ2v) is 7.90. The normalized spacial score (nSPS) is 12.9. The first-order valence-corrected chi connectivity index (χ1v) is 10.4. The van der Waals surface area contributed by atoms with Gasteiger partial charge in [0, 0.05) is 24.7 Å². The number of carbonyl (C=O) groups excluding carboxylic acids is 1. The van der Waals surface area contributed by atoms with Crippen molar-refractivity contribution in [3.63, 3.8) is 0 Å². The Labute approximate surface area is 189 Å². The van der Waals surface area contributed by atoms with E-state index in [4.69, 9.17) is 9.90 Å². The van der Waals surface area contributed by atoms with Gasteiger partial charge >= 0.3 is 12.1 Å². The zero-order valence-electron chi connectivity index (χ0n) is 17.2. The van der Waals surface area contributed by atoms with Gasteiger partial charge in [0.25, 0.3) is 5.91 Å². The quantitative estimate of drug-likeness (QED) is 0.550. The van der Waals surface area contributed by atoms with Crippen LogP contribution in [0.15, 0.2) is 42.5 Å². The van der Waals surface area contributed by atoms with E-state index in [-0.39, 0.29) is 5.91 Å². The number of hydrogen-bond donors (Lipinski definition) is 2. The van der Waals surface area contributed by atoms with E-state index >= 15 is 0 Å². The van der Waals surface area contributed by atoms with Gasteiger partial charge in [0.05, 0.1) is 0 Å². The number of carbonyl (C=O) groups is 2. The summed E-state index contributed by atoms with van der Waals surface area (Å²) in [4.78, 5) is 23.3. The highest BCUT2D eigenvalue weighted by Gasteiger charge is 2.38. The van der Waals surface area contributed by atoms with Crippen molar-refractivity contribution >= 4 is 28.3 Å². The highest BCUT2D eigenvalue weighted by Crippen LogP contribution is 2.30.